The van der Waals surface area contributed by atoms with Crippen LogP contribution in [0.1, 0.15) is 25.3 Å². The molecule has 23 heavy (non-hydrogen) atoms. The first-order valence-corrected chi connectivity index (χ1v) is 10.4. The van der Waals surface area contributed by atoms with E-state index in [1.54, 1.807) is 0 Å². The van der Waals surface area contributed by atoms with Gasteiger partial charge in [0.2, 0.25) is 5.91 Å². The molecule has 0 aliphatic carbocycles. The average Bonchev–Trinajstić information content (AvgIpc) is 2.91. The van der Waals surface area contributed by atoms with E-state index in [1.807, 2.05) is 43.0 Å². The van der Waals surface area contributed by atoms with Gasteiger partial charge in [-0.05, 0) is 25.0 Å². The zero-order valence-electron chi connectivity index (χ0n) is 13.2. The molecule has 124 valence electrons. The highest BCUT2D eigenvalue weighted by atomic mass is 32.2. The van der Waals surface area contributed by atoms with Gasteiger partial charge in [-0.2, -0.15) is 4.99 Å². The van der Waals surface area contributed by atoms with Crippen LogP contribution in [0.15, 0.2) is 29.3 Å². The van der Waals surface area contributed by atoms with Crippen LogP contribution in [-0.4, -0.2) is 42.3 Å². The molecule has 2 aliphatic heterocycles. The van der Waals surface area contributed by atoms with Crippen LogP contribution in [0.3, 0.4) is 0 Å². The maximum atomic E-state index is 12.0. The number of hydrogen-bond acceptors (Lipinski definition) is 4. The molecule has 7 heteroatoms. The molecule has 1 aromatic carbocycles. The Morgan fingerprint density at radius 2 is 2.09 bits per heavy atom. The van der Waals surface area contributed by atoms with Crippen LogP contribution in [0.5, 0.6) is 0 Å². The molecule has 1 aromatic rings. The lowest BCUT2D eigenvalue weighted by molar-refractivity contribution is -0.117. The minimum absolute atomic E-state index is 0.0483. The molecule has 0 aromatic heterocycles. The number of nitrogens with zero attached hydrogens (tertiary/aromatic N) is 2. The van der Waals surface area contributed by atoms with Crippen molar-refractivity contribution in [2.24, 2.45) is 4.99 Å². The first-order chi connectivity index (χ1) is 10.9. The fraction of sp³-hybridized carbons (Fsp3) is 0.500. The molecule has 0 radical (unpaired) electrons. The summed E-state index contributed by atoms with van der Waals surface area (Å²) in [6.07, 6.45) is 1.17. The van der Waals surface area contributed by atoms with Crippen molar-refractivity contribution in [3.05, 3.63) is 29.8 Å². The summed E-state index contributed by atoms with van der Waals surface area (Å²) in [6, 6.07) is 7.68. The molecule has 0 N–H and O–H groups in total. The number of para-hydroxylation sites is 1. The largest absolute Gasteiger partial charge is 0.315 e. The van der Waals surface area contributed by atoms with Crippen molar-refractivity contribution in [1.82, 2.24) is 0 Å². The van der Waals surface area contributed by atoms with E-state index in [0.717, 1.165) is 17.7 Å². The Kier molecular flexibility index (Phi) is 4.51. The first kappa shape index (κ1) is 16.5. The first-order valence-electron chi connectivity index (χ1n) is 7.75. The fourth-order valence-electron chi connectivity index (χ4n) is 3.06. The van der Waals surface area contributed by atoms with Gasteiger partial charge in [-0.25, -0.2) is 8.42 Å². The van der Waals surface area contributed by atoms with E-state index in [9.17, 15) is 13.2 Å². The molecule has 0 bridgehead atoms. The van der Waals surface area contributed by atoms with E-state index in [2.05, 4.69) is 4.99 Å². The van der Waals surface area contributed by atoms with E-state index in [4.69, 9.17) is 0 Å². The van der Waals surface area contributed by atoms with E-state index >= 15 is 0 Å². The molecule has 0 spiro atoms. The Balaban J connectivity index is 2.01. The highest BCUT2D eigenvalue weighted by Gasteiger charge is 2.49. The molecule has 2 fully saturated rings. The van der Waals surface area contributed by atoms with Crippen LogP contribution in [0.4, 0.5) is 5.69 Å². The van der Waals surface area contributed by atoms with Gasteiger partial charge in [0.15, 0.2) is 15.0 Å². The number of aryl methyl sites for hydroxylation is 1. The van der Waals surface area contributed by atoms with Crippen molar-refractivity contribution in [3.8, 4) is 0 Å². The number of amides is 1. The normalized spacial score (nSPS) is 27.4. The predicted molar refractivity (Wildman–Crippen MR) is 94.8 cm³/mol. The van der Waals surface area contributed by atoms with Crippen molar-refractivity contribution < 1.29 is 13.2 Å². The minimum Gasteiger partial charge on any atom is -0.315 e. The SMILES string of the molecule is CCCC(=O)N=C1S[C@@H]2CS(=O)(=O)C[C@@H]2N1c1ccccc1C. The van der Waals surface area contributed by atoms with Crippen molar-refractivity contribution in [3.63, 3.8) is 0 Å². The summed E-state index contributed by atoms with van der Waals surface area (Å²) >= 11 is 1.43. The number of rotatable bonds is 3. The second-order valence-corrected chi connectivity index (χ2v) is 9.36. The van der Waals surface area contributed by atoms with Gasteiger partial charge in [0.25, 0.3) is 0 Å². The Morgan fingerprint density at radius 1 is 1.35 bits per heavy atom. The monoisotopic (exact) mass is 352 g/mol. The summed E-state index contributed by atoms with van der Waals surface area (Å²) in [5.74, 6) is 0.141. The lowest BCUT2D eigenvalue weighted by Gasteiger charge is -2.26. The summed E-state index contributed by atoms with van der Waals surface area (Å²) in [5, 5.41) is 0.593. The minimum atomic E-state index is -3.02. The van der Waals surface area contributed by atoms with Gasteiger partial charge in [0.05, 0.1) is 17.5 Å². The number of carbonyl (C=O) groups excluding carboxylic acids is 1. The van der Waals surface area contributed by atoms with E-state index in [0.29, 0.717) is 11.6 Å². The maximum Gasteiger partial charge on any atom is 0.248 e. The van der Waals surface area contributed by atoms with E-state index < -0.39 is 9.84 Å². The van der Waals surface area contributed by atoms with Gasteiger partial charge < -0.3 is 4.90 Å². The van der Waals surface area contributed by atoms with Gasteiger partial charge in [-0.1, -0.05) is 36.9 Å². The number of aliphatic imine (C=N–C) groups is 1. The summed E-state index contributed by atoms with van der Waals surface area (Å²) in [6.45, 7) is 3.93. The van der Waals surface area contributed by atoms with E-state index in [1.165, 1.54) is 11.8 Å². The number of sulfone groups is 1. The molecular weight excluding hydrogens is 332 g/mol. The third kappa shape index (κ3) is 3.30. The van der Waals surface area contributed by atoms with Crippen LogP contribution in [0.25, 0.3) is 0 Å². The van der Waals surface area contributed by atoms with Crippen molar-refractivity contribution in [2.45, 2.75) is 38.0 Å². The molecule has 2 saturated heterocycles. The molecule has 0 unspecified atom stereocenters. The third-order valence-corrected chi connectivity index (χ3v) is 7.34. The summed E-state index contributed by atoms with van der Waals surface area (Å²) in [5.41, 5.74) is 1.99. The van der Waals surface area contributed by atoms with Crippen LogP contribution in [0, 0.1) is 6.92 Å². The number of thioether (sulfide) groups is 1. The second kappa shape index (κ2) is 6.28. The van der Waals surface area contributed by atoms with Crippen LogP contribution in [-0.2, 0) is 14.6 Å². The molecule has 3 rings (SSSR count). The van der Waals surface area contributed by atoms with Crippen molar-refractivity contribution in [2.75, 3.05) is 16.4 Å². The topological polar surface area (TPSA) is 66.8 Å². The molecule has 2 atom stereocenters. The zero-order valence-corrected chi connectivity index (χ0v) is 14.9. The standard InChI is InChI=1S/C16H20N2O3S2/c1-3-6-15(19)17-16-18(12-8-5-4-7-11(12)2)13-9-23(20,21)10-14(13)22-16/h4-5,7-8,13-14H,3,6,9-10H2,1-2H3/t13-,14+/m0/s1. The number of carbonyl (C=O) groups is 1. The Bertz CT molecular complexity index is 758. The van der Waals surface area contributed by atoms with Gasteiger partial charge in [-0.3, -0.25) is 4.79 Å². The molecular formula is C16H20N2O3S2. The Hall–Kier alpha value is -1.34. The molecule has 0 saturated carbocycles. The van der Waals surface area contributed by atoms with E-state index in [-0.39, 0.29) is 28.7 Å². The average molecular weight is 352 g/mol. The highest BCUT2D eigenvalue weighted by Crippen LogP contribution is 2.41. The van der Waals surface area contributed by atoms with Gasteiger partial charge >= 0.3 is 0 Å². The molecule has 5 nitrogen and oxygen atoms in total. The lowest BCUT2D eigenvalue weighted by Crippen LogP contribution is -2.38. The summed E-state index contributed by atoms with van der Waals surface area (Å²) in [7, 11) is -3.02. The maximum absolute atomic E-state index is 12.0. The summed E-state index contributed by atoms with van der Waals surface area (Å²) in [4.78, 5) is 18.2. The zero-order chi connectivity index (χ0) is 16.6. The predicted octanol–water partition coefficient (Wildman–Crippen LogP) is 2.40. The smallest absolute Gasteiger partial charge is 0.248 e. The number of benzene rings is 1. The van der Waals surface area contributed by atoms with Crippen LogP contribution in [0.2, 0.25) is 0 Å². The highest BCUT2D eigenvalue weighted by molar-refractivity contribution is 8.16. The number of anilines is 1. The summed E-state index contributed by atoms with van der Waals surface area (Å²) < 4.78 is 24.0. The quantitative estimate of drug-likeness (QED) is 0.836. The number of fused-ring (bicyclic) bond motifs is 1. The van der Waals surface area contributed by atoms with Crippen molar-refractivity contribution in [1.29, 1.82) is 0 Å². The molecule has 1 amide bonds. The molecule has 2 aliphatic rings. The van der Waals surface area contributed by atoms with Gasteiger partial charge in [0.1, 0.15) is 0 Å². The molecule has 2 heterocycles. The van der Waals surface area contributed by atoms with Gasteiger partial charge in [-0.15, -0.1) is 0 Å². The van der Waals surface area contributed by atoms with Gasteiger partial charge in [0, 0.05) is 17.4 Å². The lowest BCUT2D eigenvalue weighted by atomic mass is 10.1. The van der Waals surface area contributed by atoms with Crippen LogP contribution < -0.4 is 4.90 Å². The number of hydrogen-bond donors (Lipinski definition) is 0. The van der Waals surface area contributed by atoms with Crippen LogP contribution >= 0.6 is 11.8 Å². The fourth-order valence-corrected chi connectivity index (χ4v) is 6.98. The third-order valence-electron chi connectivity index (χ3n) is 4.13. The number of amidine groups is 1. The Labute approximate surface area is 141 Å². The van der Waals surface area contributed by atoms with Crippen molar-refractivity contribution >= 4 is 38.4 Å². The second-order valence-electron chi connectivity index (χ2n) is 6.00. The Morgan fingerprint density at radius 3 is 2.78 bits per heavy atom.